The van der Waals surface area contributed by atoms with Crippen LogP contribution in [-0.4, -0.2) is 4.92 Å². The van der Waals surface area contributed by atoms with Crippen molar-refractivity contribution in [3.63, 3.8) is 0 Å². The zero-order chi connectivity index (χ0) is 15.1. The van der Waals surface area contributed by atoms with Gasteiger partial charge in [0.15, 0.2) is 0 Å². The molecule has 0 aliphatic heterocycles. The summed E-state index contributed by atoms with van der Waals surface area (Å²) in [5, 5.41) is 21.9. The van der Waals surface area contributed by atoms with Crippen molar-refractivity contribution < 1.29 is 4.92 Å². The highest BCUT2D eigenvalue weighted by molar-refractivity contribution is 7.25. The molecular formula is C14H4ClN3O2S. The van der Waals surface area contributed by atoms with Gasteiger partial charge in [0, 0.05) is 25.9 Å². The lowest BCUT2D eigenvalue weighted by Gasteiger charge is -1.97. The van der Waals surface area contributed by atoms with Crippen LogP contribution in [0.2, 0.25) is 5.02 Å². The van der Waals surface area contributed by atoms with Crippen molar-refractivity contribution in [3.05, 3.63) is 56.4 Å². The van der Waals surface area contributed by atoms with E-state index in [0.29, 0.717) is 15.4 Å². The predicted molar refractivity (Wildman–Crippen MR) is 82.0 cm³/mol. The van der Waals surface area contributed by atoms with E-state index < -0.39 is 4.92 Å². The number of nitro benzene ring substituents is 1. The Morgan fingerprint density at radius 2 is 1.95 bits per heavy atom. The fraction of sp³-hybridized carbons (Fsp3) is 0. The minimum atomic E-state index is -0.570. The molecule has 3 aromatic rings. The van der Waals surface area contributed by atoms with Gasteiger partial charge in [0.25, 0.3) is 5.69 Å². The van der Waals surface area contributed by atoms with Gasteiger partial charge in [-0.05, 0) is 23.6 Å². The maximum absolute atomic E-state index is 11.0. The van der Waals surface area contributed by atoms with Gasteiger partial charge >= 0.3 is 0 Å². The number of halogens is 1. The summed E-state index contributed by atoms with van der Waals surface area (Å²) in [6.07, 6.45) is 0. The lowest BCUT2D eigenvalue weighted by molar-refractivity contribution is -0.385. The van der Waals surface area contributed by atoms with E-state index in [9.17, 15) is 10.1 Å². The molecule has 0 amide bonds. The SMILES string of the molecule is [C-]#[N+]c1cc2c(cc1Cl)sc1cc([N+](=O)[O-])c(C#N)cc12. The molecule has 3 rings (SSSR count). The highest BCUT2D eigenvalue weighted by Crippen LogP contribution is 2.41. The molecule has 0 radical (unpaired) electrons. The molecule has 1 aromatic heterocycles. The molecule has 0 aliphatic carbocycles. The maximum atomic E-state index is 11.0. The van der Waals surface area contributed by atoms with Crippen molar-refractivity contribution in [1.82, 2.24) is 0 Å². The minimum Gasteiger partial charge on any atom is -0.258 e. The molecule has 0 atom stereocenters. The number of hydrogen-bond donors (Lipinski definition) is 0. The van der Waals surface area contributed by atoms with Gasteiger partial charge in [0.1, 0.15) is 11.6 Å². The second kappa shape index (κ2) is 4.71. The zero-order valence-corrected chi connectivity index (χ0v) is 11.8. The molecule has 0 fully saturated rings. The number of rotatable bonds is 1. The molecule has 5 nitrogen and oxygen atoms in total. The Kier molecular flexibility index (Phi) is 2.99. The van der Waals surface area contributed by atoms with Crippen LogP contribution in [-0.2, 0) is 0 Å². The first-order valence-electron chi connectivity index (χ1n) is 5.67. The van der Waals surface area contributed by atoms with E-state index in [2.05, 4.69) is 4.85 Å². The fourth-order valence-corrected chi connectivity index (χ4v) is 3.56. The van der Waals surface area contributed by atoms with Crippen LogP contribution in [0.5, 0.6) is 0 Å². The van der Waals surface area contributed by atoms with Crippen LogP contribution >= 0.6 is 22.9 Å². The molecule has 7 heteroatoms. The Morgan fingerprint density at radius 1 is 1.29 bits per heavy atom. The van der Waals surface area contributed by atoms with Gasteiger partial charge in [-0.3, -0.25) is 10.1 Å². The second-order valence-electron chi connectivity index (χ2n) is 4.25. The Hall–Kier alpha value is -2.67. The van der Waals surface area contributed by atoms with Gasteiger partial charge in [-0.2, -0.15) is 5.26 Å². The number of benzene rings is 2. The molecule has 1 heterocycles. The summed E-state index contributed by atoms with van der Waals surface area (Å²) in [5.41, 5.74) is 0.111. The van der Waals surface area contributed by atoms with Gasteiger partial charge in [0.2, 0.25) is 5.69 Å². The monoisotopic (exact) mass is 313 g/mol. The Bertz CT molecular complexity index is 1010. The highest BCUT2D eigenvalue weighted by atomic mass is 35.5. The van der Waals surface area contributed by atoms with Gasteiger partial charge in [-0.1, -0.05) is 11.6 Å². The summed E-state index contributed by atoms with van der Waals surface area (Å²) in [6.45, 7) is 7.09. The average molecular weight is 314 g/mol. The minimum absolute atomic E-state index is 0.00603. The summed E-state index contributed by atoms with van der Waals surface area (Å²) in [4.78, 5) is 13.8. The van der Waals surface area contributed by atoms with Crippen LogP contribution in [0.1, 0.15) is 5.56 Å². The third-order valence-electron chi connectivity index (χ3n) is 3.09. The Labute approximate surface area is 127 Å². The maximum Gasteiger partial charge on any atom is 0.288 e. The molecule has 0 saturated carbocycles. The number of nitriles is 1. The molecule has 0 aliphatic rings. The van der Waals surface area contributed by atoms with Crippen LogP contribution in [0.25, 0.3) is 25.0 Å². The Balaban J connectivity index is 2.47. The van der Waals surface area contributed by atoms with Crippen molar-refractivity contribution >= 4 is 54.5 Å². The number of nitro groups is 1. The predicted octanol–water partition coefficient (Wildman–Crippen LogP) is 5.04. The number of hydrogen-bond acceptors (Lipinski definition) is 4. The van der Waals surface area contributed by atoms with Gasteiger partial charge < -0.3 is 0 Å². The van der Waals surface area contributed by atoms with E-state index in [1.165, 1.54) is 23.5 Å². The summed E-state index contributed by atoms with van der Waals surface area (Å²) in [5.74, 6) is 0. The lowest BCUT2D eigenvalue weighted by atomic mass is 10.1. The molecule has 21 heavy (non-hydrogen) atoms. The first-order valence-corrected chi connectivity index (χ1v) is 6.86. The molecule has 0 unspecified atom stereocenters. The summed E-state index contributed by atoms with van der Waals surface area (Å²) >= 11 is 7.35. The smallest absolute Gasteiger partial charge is 0.258 e. The zero-order valence-electron chi connectivity index (χ0n) is 10.3. The quantitative estimate of drug-likeness (QED) is 0.359. The van der Waals surface area contributed by atoms with Gasteiger partial charge in [-0.15, -0.1) is 11.3 Å². The standard InChI is InChI=1S/C14H4ClN3O2S/c1-17-11-3-9-8-2-7(6-16)12(18(19)20)5-14(8)21-13(9)4-10(11)15/h2-5H. The van der Waals surface area contributed by atoms with Gasteiger partial charge in [-0.25, -0.2) is 4.85 Å². The van der Waals surface area contributed by atoms with Crippen molar-refractivity contribution in [1.29, 1.82) is 5.26 Å². The molecule has 2 aromatic carbocycles. The van der Waals surface area contributed by atoms with Crippen molar-refractivity contribution in [2.45, 2.75) is 0 Å². The third-order valence-corrected chi connectivity index (χ3v) is 4.51. The lowest BCUT2D eigenvalue weighted by Crippen LogP contribution is -1.91. The number of fused-ring (bicyclic) bond motifs is 3. The summed E-state index contributed by atoms with van der Waals surface area (Å²) < 4.78 is 1.51. The van der Waals surface area contributed by atoms with E-state index in [1.54, 1.807) is 12.1 Å². The van der Waals surface area contributed by atoms with E-state index in [0.717, 1.165) is 15.5 Å². The van der Waals surface area contributed by atoms with Crippen molar-refractivity contribution in [2.75, 3.05) is 0 Å². The van der Waals surface area contributed by atoms with E-state index in [-0.39, 0.29) is 11.3 Å². The summed E-state index contributed by atoms with van der Waals surface area (Å²) in [6, 6.07) is 8.05. The second-order valence-corrected chi connectivity index (χ2v) is 5.74. The van der Waals surface area contributed by atoms with Crippen molar-refractivity contribution in [3.8, 4) is 6.07 Å². The van der Waals surface area contributed by atoms with Crippen molar-refractivity contribution in [2.24, 2.45) is 0 Å². The highest BCUT2D eigenvalue weighted by Gasteiger charge is 2.18. The van der Waals surface area contributed by atoms with Crippen LogP contribution < -0.4 is 0 Å². The molecule has 0 N–H and O–H groups in total. The first-order chi connectivity index (χ1) is 10.0. The normalized spacial score (nSPS) is 10.4. The molecule has 100 valence electrons. The third kappa shape index (κ3) is 1.98. The fourth-order valence-electron chi connectivity index (χ4n) is 2.15. The van der Waals surface area contributed by atoms with E-state index in [4.69, 9.17) is 23.4 Å². The van der Waals surface area contributed by atoms with Crippen LogP contribution in [0.3, 0.4) is 0 Å². The molecule has 0 bridgehead atoms. The van der Waals surface area contributed by atoms with Gasteiger partial charge in [0.05, 0.1) is 11.5 Å². The Morgan fingerprint density at radius 3 is 2.57 bits per heavy atom. The van der Waals surface area contributed by atoms with E-state index >= 15 is 0 Å². The molecule has 0 spiro atoms. The summed E-state index contributed by atoms with van der Waals surface area (Å²) in [7, 11) is 0. The number of nitrogens with zero attached hydrogens (tertiary/aromatic N) is 3. The average Bonchev–Trinajstić information content (AvgIpc) is 2.80. The van der Waals surface area contributed by atoms with Crippen LogP contribution in [0.4, 0.5) is 11.4 Å². The molecular weight excluding hydrogens is 310 g/mol. The first kappa shape index (κ1) is 13.3. The van der Waals surface area contributed by atoms with Crippen LogP contribution in [0.15, 0.2) is 24.3 Å². The molecule has 0 saturated heterocycles. The van der Waals surface area contributed by atoms with Crippen LogP contribution in [0, 0.1) is 28.0 Å². The topological polar surface area (TPSA) is 71.3 Å². The van der Waals surface area contributed by atoms with E-state index in [1.807, 2.05) is 6.07 Å². The number of thiophene rings is 1. The largest absolute Gasteiger partial charge is 0.288 e.